The fourth-order valence-corrected chi connectivity index (χ4v) is 3.04. The number of aryl methyl sites for hydroxylation is 1. The molecule has 0 spiro atoms. The summed E-state index contributed by atoms with van der Waals surface area (Å²) >= 11 is 17.2. The van der Waals surface area contributed by atoms with E-state index >= 15 is 0 Å². The Labute approximate surface area is 122 Å². The largest absolute Gasteiger partial charge is 0.402 e. The molecule has 1 heterocycles. The van der Waals surface area contributed by atoms with Crippen LogP contribution in [0.15, 0.2) is 0 Å². The molecular weight excluding hydrogens is 318 g/mol. The summed E-state index contributed by atoms with van der Waals surface area (Å²) in [5, 5.41) is 4.69. The SMILES string of the molecule is CCCn1nc(OP(=S)(OC)OCC)c(Cl)c1Cl. The standard InChI is InChI=1S/C9H15Cl2N2O3PS/c1-4-6-13-8(11)7(10)9(12-13)16-17(18,14-3)15-5-2/h4-6H2,1-3H3. The first-order valence-corrected chi connectivity index (χ1v) is 8.70. The van der Waals surface area contributed by atoms with E-state index in [1.54, 1.807) is 11.6 Å². The summed E-state index contributed by atoms with van der Waals surface area (Å²) in [4.78, 5) is 0. The second-order valence-electron chi connectivity index (χ2n) is 3.27. The zero-order chi connectivity index (χ0) is 13.8. The van der Waals surface area contributed by atoms with Crippen LogP contribution >= 0.6 is 29.9 Å². The Morgan fingerprint density at radius 3 is 2.56 bits per heavy atom. The first-order valence-electron chi connectivity index (χ1n) is 5.39. The predicted molar refractivity (Wildman–Crippen MR) is 76.1 cm³/mol. The fourth-order valence-electron chi connectivity index (χ4n) is 1.20. The lowest BCUT2D eigenvalue weighted by Gasteiger charge is -2.17. The maximum atomic E-state index is 6.03. The van der Waals surface area contributed by atoms with Crippen molar-refractivity contribution in [3.63, 3.8) is 0 Å². The highest BCUT2D eigenvalue weighted by molar-refractivity contribution is 8.07. The van der Waals surface area contributed by atoms with Crippen LogP contribution in [-0.4, -0.2) is 23.5 Å². The Hall–Kier alpha value is 0.160. The minimum atomic E-state index is -2.86. The maximum Gasteiger partial charge on any atom is 0.381 e. The molecule has 0 amide bonds. The molecule has 104 valence electrons. The second kappa shape index (κ2) is 7.08. The second-order valence-corrected chi connectivity index (χ2v) is 7.05. The van der Waals surface area contributed by atoms with Gasteiger partial charge in [0.2, 0.25) is 0 Å². The lowest BCUT2D eigenvalue weighted by Crippen LogP contribution is -2.02. The first-order chi connectivity index (χ1) is 8.47. The summed E-state index contributed by atoms with van der Waals surface area (Å²) in [7, 11) is 1.43. The molecule has 1 aromatic rings. The summed E-state index contributed by atoms with van der Waals surface area (Å²) in [6.45, 7) is 1.97. The fraction of sp³-hybridized carbons (Fsp3) is 0.667. The van der Waals surface area contributed by atoms with Crippen molar-refractivity contribution in [1.82, 2.24) is 9.78 Å². The average Bonchev–Trinajstić information content (AvgIpc) is 2.59. The van der Waals surface area contributed by atoms with Gasteiger partial charge in [0.15, 0.2) is 0 Å². The molecule has 0 aliphatic rings. The van der Waals surface area contributed by atoms with Gasteiger partial charge in [-0.1, -0.05) is 30.1 Å². The van der Waals surface area contributed by atoms with Gasteiger partial charge in [0, 0.05) is 25.5 Å². The van der Waals surface area contributed by atoms with Crippen molar-refractivity contribution in [2.75, 3.05) is 13.7 Å². The summed E-state index contributed by atoms with van der Waals surface area (Å²) in [6.07, 6.45) is 0.876. The lowest BCUT2D eigenvalue weighted by atomic mass is 10.5. The molecule has 0 fully saturated rings. The van der Waals surface area contributed by atoms with Crippen LogP contribution in [0.1, 0.15) is 20.3 Å². The lowest BCUT2D eigenvalue weighted by molar-refractivity contribution is 0.239. The Bertz CT molecular complexity index is 455. The summed E-state index contributed by atoms with van der Waals surface area (Å²) < 4.78 is 17.4. The molecule has 1 aromatic heterocycles. The van der Waals surface area contributed by atoms with Gasteiger partial charge < -0.3 is 9.05 Å². The average molecular weight is 333 g/mol. The van der Waals surface area contributed by atoms with Crippen molar-refractivity contribution in [3.05, 3.63) is 10.2 Å². The number of aromatic nitrogens is 2. The molecule has 18 heavy (non-hydrogen) atoms. The van der Waals surface area contributed by atoms with Gasteiger partial charge in [-0.05, 0) is 13.3 Å². The molecule has 5 nitrogen and oxygen atoms in total. The van der Waals surface area contributed by atoms with Crippen LogP contribution in [0, 0.1) is 0 Å². The molecule has 1 rings (SSSR count). The quantitative estimate of drug-likeness (QED) is 0.709. The zero-order valence-corrected chi connectivity index (χ0v) is 13.6. The van der Waals surface area contributed by atoms with E-state index in [9.17, 15) is 0 Å². The molecule has 0 saturated heterocycles. The molecule has 0 N–H and O–H groups in total. The molecular formula is C9H15Cl2N2O3PS. The number of rotatable bonds is 7. The van der Waals surface area contributed by atoms with Gasteiger partial charge in [0.1, 0.15) is 10.2 Å². The minimum absolute atomic E-state index is 0.147. The third-order valence-electron chi connectivity index (χ3n) is 1.95. The van der Waals surface area contributed by atoms with Gasteiger partial charge in [-0.2, -0.15) is 0 Å². The van der Waals surface area contributed by atoms with E-state index in [1.165, 1.54) is 7.11 Å². The molecule has 0 aliphatic carbocycles. The molecule has 0 aliphatic heterocycles. The van der Waals surface area contributed by atoms with Gasteiger partial charge in [0.25, 0.3) is 5.88 Å². The van der Waals surface area contributed by atoms with E-state index in [0.717, 1.165) is 6.42 Å². The van der Waals surface area contributed by atoms with E-state index < -0.39 is 6.72 Å². The highest BCUT2D eigenvalue weighted by atomic mass is 35.5. The normalized spacial score (nSPS) is 14.5. The van der Waals surface area contributed by atoms with Crippen LogP contribution in [-0.2, 0) is 27.4 Å². The highest BCUT2D eigenvalue weighted by Gasteiger charge is 2.25. The van der Waals surface area contributed by atoms with E-state index in [4.69, 9.17) is 48.6 Å². The van der Waals surface area contributed by atoms with Crippen molar-refractivity contribution in [2.24, 2.45) is 0 Å². The third kappa shape index (κ3) is 3.83. The van der Waals surface area contributed by atoms with E-state index in [-0.39, 0.29) is 10.9 Å². The van der Waals surface area contributed by atoms with Crippen LogP contribution in [0.2, 0.25) is 10.2 Å². The van der Waals surface area contributed by atoms with Crippen LogP contribution in [0.3, 0.4) is 0 Å². The topological polar surface area (TPSA) is 45.5 Å². The molecule has 0 saturated carbocycles. The van der Waals surface area contributed by atoms with Crippen molar-refractivity contribution >= 4 is 41.7 Å². The maximum absolute atomic E-state index is 6.03. The number of nitrogens with zero attached hydrogens (tertiary/aromatic N) is 2. The zero-order valence-electron chi connectivity index (χ0n) is 10.4. The number of halogens is 2. The molecule has 0 aromatic carbocycles. The van der Waals surface area contributed by atoms with Gasteiger partial charge >= 0.3 is 6.72 Å². The number of hydrogen-bond donors (Lipinski definition) is 0. The monoisotopic (exact) mass is 332 g/mol. The summed E-state index contributed by atoms with van der Waals surface area (Å²) in [5.74, 6) is 0.147. The van der Waals surface area contributed by atoms with Gasteiger partial charge in [-0.15, -0.1) is 5.10 Å². The van der Waals surface area contributed by atoms with Crippen LogP contribution in [0.5, 0.6) is 5.88 Å². The Kier molecular flexibility index (Phi) is 6.38. The molecule has 0 radical (unpaired) electrons. The number of hydrogen-bond acceptors (Lipinski definition) is 5. The smallest absolute Gasteiger partial charge is 0.381 e. The van der Waals surface area contributed by atoms with Crippen molar-refractivity contribution in [2.45, 2.75) is 26.8 Å². The van der Waals surface area contributed by atoms with E-state index in [2.05, 4.69) is 5.10 Å². The van der Waals surface area contributed by atoms with Gasteiger partial charge in [0.05, 0.1) is 6.61 Å². The molecule has 1 unspecified atom stereocenters. The van der Waals surface area contributed by atoms with E-state index in [0.29, 0.717) is 18.3 Å². The summed E-state index contributed by atoms with van der Waals surface area (Å²) in [6, 6.07) is 0. The molecule has 9 heteroatoms. The van der Waals surface area contributed by atoms with Crippen LogP contribution in [0.25, 0.3) is 0 Å². The highest BCUT2D eigenvalue weighted by Crippen LogP contribution is 2.50. The third-order valence-corrected chi connectivity index (χ3v) is 5.18. The molecule has 1 atom stereocenters. The van der Waals surface area contributed by atoms with Crippen LogP contribution < -0.4 is 4.52 Å². The Morgan fingerprint density at radius 1 is 1.39 bits per heavy atom. The predicted octanol–water partition coefficient (Wildman–Crippen LogP) is 3.89. The van der Waals surface area contributed by atoms with Gasteiger partial charge in [-0.25, -0.2) is 4.68 Å². The van der Waals surface area contributed by atoms with Crippen molar-refractivity contribution < 1.29 is 13.6 Å². The van der Waals surface area contributed by atoms with Gasteiger partial charge in [-0.3, -0.25) is 4.52 Å². The molecule has 0 bridgehead atoms. The minimum Gasteiger partial charge on any atom is -0.402 e. The first kappa shape index (κ1) is 16.2. The van der Waals surface area contributed by atoms with Crippen molar-refractivity contribution in [3.8, 4) is 5.88 Å². The Balaban J connectivity index is 2.97. The van der Waals surface area contributed by atoms with E-state index in [1.807, 2.05) is 6.92 Å². The van der Waals surface area contributed by atoms with Crippen LogP contribution in [0.4, 0.5) is 0 Å². The summed E-state index contributed by atoms with van der Waals surface area (Å²) in [5.41, 5.74) is 0. The Morgan fingerprint density at radius 2 is 2.06 bits per heavy atom. The van der Waals surface area contributed by atoms with Crippen molar-refractivity contribution in [1.29, 1.82) is 0 Å².